The zero-order valence-corrected chi connectivity index (χ0v) is 13.1. The Morgan fingerprint density at radius 1 is 1.48 bits per heavy atom. The van der Waals surface area contributed by atoms with Crippen molar-refractivity contribution in [2.24, 2.45) is 13.0 Å². The molecule has 1 aliphatic rings. The number of aromatic nitrogens is 2. The van der Waals surface area contributed by atoms with Crippen LogP contribution in [0.25, 0.3) is 0 Å². The zero-order chi connectivity index (χ0) is 15.4. The van der Waals surface area contributed by atoms with Crippen LogP contribution in [0.2, 0.25) is 0 Å². The minimum Gasteiger partial charge on any atom is -0.351 e. The summed E-state index contributed by atoms with van der Waals surface area (Å²) in [6.45, 7) is 7.58. The molecule has 0 amide bonds. The third kappa shape index (κ3) is 3.53. The maximum absolute atomic E-state index is 11.4. The Morgan fingerprint density at radius 2 is 2.14 bits per heavy atom. The molecular formula is C14H25N5O2. The van der Waals surface area contributed by atoms with E-state index in [-0.39, 0.29) is 10.6 Å². The largest absolute Gasteiger partial charge is 0.351 e. The zero-order valence-electron chi connectivity index (χ0n) is 13.1. The number of nitrogens with one attached hydrogen (secondary N) is 1. The molecule has 0 bridgehead atoms. The number of anilines is 1. The molecule has 1 aliphatic heterocycles. The highest BCUT2D eigenvalue weighted by molar-refractivity contribution is 5.61. The SMILES string of the molecule is CCCN(CC1CCNCC1)c1c([N+](=O)[O-])c(C)nn1C. The molecule has 1 saturated heterocycles. The van der Waals surface area contributed by atoms with E-state index in [4.69, 9.17) is 0 Å². The van der Waals surface area contributed by atoms with Crippen molar-refractivity contribution in [2.75, 3.05) is 31.1 Å². The van der Waals surface area contributed by atoms with Crippen molar-refractivity contribution in [3.8, 4) is 0 Å². The molecule has 0 spiro atoms. The number of piperidine rings is 1. The third-order valence-corrected chi connectivity index (χ3v) is 4.07. The van der Waals surface area contributed by atoms with Crippen molar-refractivity contribution < 1.29 is 4.92 Å². The summed E-state index contributed by atoms with van der Waals surface area (Å²) in [6.07, 6.45) is 3.22. The van der Waals surface area contributed by atoms with E-state index >= 15 is 0 Å². The van der Waals surface area contributed by atoms with Gasteiger partial charge < -0.3 is 10.2 Å². The summed E-state index contributed by atoms with van der Waals surface area (Å²) in [5, 5.41) is 19.0. The van der Waals surface area contributed by atoms with E-state index < -0.39 is 0 Å². The highest BCUT2D eigenvalue weighted by Crippen LogP contribution is 2.32. The van der Waals surface area contributed by atoms with Gasteiger partial charge in [-0.2, -0.15) is 5.10 Å². The number of nitrogens with zero attached hydrogens (tertiary/aromatic N) is 4. The first kappa shape index (κ1) is 15.8. The van der Waals surface area contributed by atoms with Crippen molar-refractivity contribution in [2.45, 2.75) is 33.1 Å². The van der Waals surface area contributed by atoms with Gasteiger partial charge in [-0.05, 0) is 45.2 Å². The van der Waals surface area contributed by atoms with Gasteiger partial charge in [0.2, 0.25) is 5.82 Å². The number of aryl methyl sites for hydroxylation is 2. The maximum atomic E-state index is 11.4. The third-order valence-electron chi connectivity index (χ3n) is 4.07. The fourth-order valence-corrected chi connectivity index (χ4v) is 3.13. The van der Waals surface area contributed by atoms with Gasteiger partial charge in [0.15, 0.2) is 0 Å². The lowest BCUT2D eigenvalue weighted by molar-refractivity contribution is -0.384. The Balaban J connectivity index is 2.26. The van der Waals surface area contributed by atoms with Gasteiger partial charge in [0.05, 0.1) is 4.92 Å². The lowest BCUT2D eigenvalue weighted by Gasteiger charge is -2.30. The van der Waals surface area contributed by atoms with Crippen LogP contribution in [0.3, 0.4) is 0 Å². The number of hydrogen-bond acceptors (Lipinski definition) is 5. The summed E-state index contributed by atoms with van der Waals surface area (Å²) in [6, 6.07) is 0. The summed E-state index contributed by atoms with van der Waals surface area (Å²) in [5.74, 6) is 1.24. The second-order valence-corrected chi connectivity index (χ2v) is 5.78. The molecule has 0 unspecified atom stereocenters. The molecule has 1 aromatic heterocycles. The Hall–Kier alpha value is -1.63. The average molecular weight is 295 g/mol. The maximum Gasteiger partial charge on any atom is 0.333 e. The Kier molecular flexibility index (Phi) is 5.17. The lowest BCUT2D eigenvalue weighted by atomic mass is 9.97. The first-order valence-electron chi connectivity index (χ1n) is 7.68. The van der Waals surface area contributed by atoms with E-state index in [1.165, 1.54) is 0 Å². The topological polar surface area (TPSA) is 76.2 Å². The second-order valence-electron chi connectivity index (χ2n) is 5.78. The normalized spacial score (nSPS) is 16.1. The Morgan fingerprint density at radius 3 is 2.71 bits per heavy atom. The van der Waals surface area contributed by atoms with Gasteiger partial charge in [-0.15, -0.1) is 0 Å². The molecule has 1 fully saturated rings. The molecule has 21 heavy (non-hydrogen) atoms. The molecule has 7 nitrogen and oxygen atoms in total. The van der Waals surface area contributed by atoms with Crippen LogP contribution < -0.4 is 10.2 Å². The first-order valence-corrected chi connectivity index (χ1v) is 7.68. The summed E-state index contributed by atoms with van der Waals surface area (Å²) < 4.78 is 1.66. The number of rotatable bonds is 6. The molecule has 2 rings (SSSR count). The van der Waals surface area contributed by atoms with Gasteiger partial charge in [-0.1, -0.05) is 6.92 Å². The van der Waals surface area contributed by atoms with Crippen LogP contribution in [0.1, 0.15) is 31.9 Å². The fourth-order valence-electron chi connectivity index (χ4n) is 3.13. The smallest absolute Gasteiger partial charge is 0.333 e. The molecule has 0 radical (unpaired) electrons. The van der Waals surface area contributed by atoms with E-state index in [1.54, 1.807) is 18.7 Å². The quantitative estimate of drug-likeness (QED) is 0.640. The Labute approximate surface area is 125 Å². The molecule has 2 heterocycles. The standard InChI is InChI=1S/C14H25N5O2/c1-4-9-18(10-12-5-7-15-8-6-12)14-13(19(20)21)11(2)16-17(14)3/h12,15H,4-10H2,1-3H3. The van der Waals surface area contributed by atoms with E-state index in [9.17, 15) is 10.1 Å². The van der Waals surface area contributed by atoms with Crippen LogP contribution in [0.4, 0.5) is 11.5 Å². The summed E-state index contributed by atoms with van der Waals surface area (Å²) in [7, 11) is 1.79. The minimum atomic E-state index is -0.303. The lowest BCUT2D eigenvalue weighted by Crippen LogP contribution is -2.37. The van der Waals surface area contributed by atoms with Crippen LogP contribution in [0, 0.1) is 23.0 Å². The molecule has 7 heteroatoms. The molecule has 118 valence electrons. The number of nitro groups is 1. The van der Waals surface area contributed by atoms with E-state index in [1.807, 2.05) is 0 Å². The summed E-state index contributed by atoms with van der Waals surface area (Å²) in [5.41, 5.74) is 0.642. The van der Waals surface area contributed by atoms with Crippen LogP contribution in [-0.2, 0) is 7.05 Å². The van der Waals surface area contributed by atoms with Gasteiger partial charge in [-0.25, -0.2) is 4.68 Å². The minimum absolute atomic E-state index is 0.153. The summed E-state index contributed by atoms with van der Waals surface area (Å²) >= 11 is 0. The second kappa shape index (κ2) is 6.89. The highest BCUT2D eigenvalue weighted by Gasteiger charge is 2.29. The van der Waals surface area contributed by atoms with Crippen LogP contribution in [0.5, 0.6) is 0 Å². The van der Waals surface area contributed by atoms with Crippen molar-refractivity contribution >= 4 is 11.5 Å². The molecule has 1 N–H and O–H groups in total. The molecule has 0 atom stereocenters. The fraction of sp³-hybridized carbons (Fsp3) is 0.786. The van der Waals surface area contributed by atoms with Crippen LogP contribution in [0.15, 0.2) is 0 Å². The van der Waals surface area contributed by atoms with Crippen molar-refractivity contribution in [1.29, 1.82) is 0 Å². The molecule has 0 aromatic carbocycles. The first-order chi connectivity index (χ1) is 10.0. The van der Waals surface area contributed by atoms with Gasteiger partial charge in [0, 0.05) is 20.1 Å². The predicted octanol–water partition coefficient (Wildman–Crippen LogP) is 1.85. The Bertz CT molecular complexity index is 494. The van der Waals surface area contributed by atoms with E-state index in [0.29, 0.717) is 17.4 Å². The van der Waals surface area contributed by atoms with Gasteiger partial charge in [-0.3, -0.25) is 10.1 Å². The monoisotopic (exact) mass is 295 g/mol. The molecule has 0 saturated carbocycles. The number of hydrogen-bond donors (Lipinski definition) is 1. The van der Waals surface area contributed by atoms with E-state index in [0.717, 1.165) is 45.4 Å². The highest BCUT2D eigenvalue weighted by atomic mass is 16.6. The molecular weight excluding hydrogens is 270 g/mol. The average Bonchev–Trinajstić information content (AvgIpc) is 2.74. The van der Waals surface area contributed by atoms with Crippen LogP contribution >= 0.6 is 0 Å². The van der Waals surface area contributed by atoms with Crippen molar-refractivity contribution in [3.05, 3.63) is 15.8 Å². The molecule has 0 aliphatic carbocycles. The van der Waals surface area contributed by atoms with Crippen molar-refractivity contribution in [1.82, 2.24) is 15.1 Å². The predicted molar refractivity (Wildman–Crippen MR) is 82.7 cm³/mol. The van der Waals surface area contributed by atoms with Crippen molar-refractivity contribution in [3.63, 3.8) is 0 Å². The van der Waals surface area contributed by atoms with Gasteiger partial charge >= 0.3 is 5.69 Å². The molecule has 1 aromatic rings. The van der Waals surface area contributed by atoms with E-state index in [2.05, 4.69) is 22.2 Å². The summed E-state index contributed by atoms with van der Waals surface area (Å²) in [4.78, 5) is 13.2. The van der Waals surface area contributed by atoms with Crippen LogP contribution in [-0.4, -0.2) is 40.9 Å². The van der Waals surface area contributed by atoms with Gasteiger partial charge in [0.25, 0.3) is 0 Å². The van der Waals surface area contributed by atoms with Gasteiger partial charge in [0.1, 0.15) is 5.69 Å².